The van der Waals surface area contributed by atoms with Gasteiger partial charge in [0.25, 0.3) is 5.91 Å². The van der Waals surface area contributed by atoms with Crippen LogP contribution in [0.5, 0.6) is 5.75 Å². The fourth-order valence-electron chi connectivity index (χ4n) is 3.08. The van der Waals surface area contributed by atoms with Crippen LogP contribution in [-0.2, 0) is 11.2 Å². The van der Waals surface area contributed by atoms with Crippen molar-refractivity contribution in [3.8, 4) is 5.75 Å². The molecule has 3 N–H and O–H groups in total. The Morgan fingerprint density at radius 2 is 1.65 bits per heavy atom. The predicted octanol–water partition coefficient (Wildman–Crippen LogP) is 4.11. The van der Waals surface area contributed by atoms with Gasteiger partial charge in [0, 0.05) is 30.1 Å². The van der Waals surface area contributed by atoms with E-state index in [1.165, 1.54) is 5.56 Å². The van der Waals surface area contributed by atoms with Gasteiger partial charge < -0.3 is 20.7 Å². The maximum Gasteiger partial charge on any atom is 0.251 e. The van der Waals surface area contributed by atoms with Gasteiger partial charge in [0.05, 0.1) is 13.2 Å². The summed E-state index contributed by atoms with van der Waals surface area (Å²) in [5.41, 5.74) is 3.16. The third-order valence-corrected chi connectivity index (χ3v) is 4.64. The zero-order chi connectivity index (χ0) is 21.9. The zero-order valence-corrected chi connectivity index (χ0v) is 17.6. The van der Waals surface area contributed by atoms with E-state index in [9.17, 15) is 9.59 Å². The fourth-order valence-corrected chi connectivity index (χ4v) is 3.08. The third kappa shape index (κ3) is 7.19. The molecule has 0 aliphatic rings. The van der Waals surface area contributed by atoms with Gasteiger partial charge in [0.15, 0.2) is 0 Å². The van der Waals surface area contributed by atoms with Gasteiger partial charge in [-0.2, -0.15) is 0 Å². The lowest BCUT2D eigenvalue weighted by Crippen LogP contribution is -2.22. The normalized spacial score (nSPS) is 10.2. The molecule has 0 aliphatic heterocycles. The van der Waals surface area contributed by atoms with E-state index in [-0.39, 0.29) is 18.4 Å². The van der Waals surface area contributed by atoms with Gasteiger partial charge >= 0.3 is 0 Å². The average molecular weight is 418 g/mol. The van der Waals surface area contributed by atoms with E-state index in [0.717, 1.165) is 24.3 Å². The van der Waals surface area contributed by atoms with E-state index in [4.69, 9.17) is 4.74 Å². The van der Waals surface area contributed by atoms with Gasteiger partial charge in [-0.25, -0.2) is 0 Å². The first kappa shape index (κ1) is 21.9. The monoisotopic (exact) mass is 417 g/mol. The van der Waals surface area contributed by atoms with Crippen molar-refractivity contribution in [2.75, 3.05) is 30.8 Å². The van der Waals surface area contributed by atoms with Crippen molar-refractivity contribution < 1.29 is 14.3 Å². The van der Waals surface area contributed by atoms with Crippen molar-refractivity contribution in [3.63, 3.8) is 0 Å². The summed E-state index contributed by atoms with van der Waals surface area (Å²) in [6.07, 6.45) is 1.90. The molecule has 0 spiro atoms. The summed E-state index contributed by atoms with van der Waals surface area (Å²) >= 11 is 0. The van der Waals surface area contributed by atoms with Gasteiger partial charge in [-0.15, -0.1) is 0 Å². The Balaban J connectivity index is 1.44. The second kappa shape index (κ2) is 11.4. The molecule has 0 atom stereocenters. The highest BCUT2D eigenvalue weighted by molar-refractivity contribution is 5.98. The van der Waals surface area contributed by atoms with E-state index in [1.54, 1.807) is 31.3 Å². The number of carbonyl (C=O) groups is 2. The molecule has 6 nitrogen and oxygen atoms in total. The van der Waals surface area contributed by atoms with Crippen LogP contribution in [0.4, 0.5) is 11.4 Å². The van der Waals surface area contributed by atoms with Crippen LogP contribution < -0.4 is 20.7 Å². The van der Waals surface area contributed by atoms with Crippen LogP contribution in [0.1, 0.15) is 22.3 Å². The number of benzene rings is 3. The molecular formula is C25H27N3O3. The number of nitrogens with one attached hydrogen (secondary N) is 3. The molecule has 0 saturated carbocycles. The second-order valence-corrected chi connectivity index (χ2v) is 7.03. The Morgan fingerprint density at radius 3 is 2.45 bits per heavy atom. The number of hydrogen-bond donors (Lipinski definition) is 3. The number of hydrogen-bond acceptors (Lipinski definition) is 4. The minimum atomic E-state index is -0.205. The lowest BCUT2D eigenvalue weighted by Gasteiger charge is -2.11. The van der Waals surface area contributed by atoms with E-state index in [2.05, 4.69) is 28.1 Å². The van der Waals surface area contributed by atoms with Gasteiger partial charge in [0.1, 0.15) is 5.75 Å². The zero-order valence-electron chi connectivity index (χ0n) is 17.6. The highest BCUT2D eigenvalue weighted by Crippen LogP contribution is 2.18. The molecule has 0 unspecified atom stereocenters. The van der Waals surface area contributed by atoms with Crippen LogP contribution in [-0.4, -0.2) is 32.0 Å². The minimum Gasteiger partial charge on any atom is -0.494 e. The van der Waals surface area contributed by atoms with Crippen molar-refractivity contribution in [2.45, 2.75) is 12.8 Å². The average Bonchev–Trinajstić information content (AvgIpc) is 2.81. The van der Waals surface area contributed by atoms with Gasteiger partial charge in [0.2, 0.25) is 5.91 Å². The first-order chi connectivity index (χ1) is 15.1. The quantitative estimate of drug-likeness (QED) is 0.434. The van der Waals surface area contributed by atoms with Crippen molar-refractivity contribution >= 4 is 23.2 Å². The number of carbonyl (C=O) groups excluding carboxylic acids is 2. The summed E-state index contributed by atoms with van der Waals surface area (Å²) in [4.78, 5) is 24.0. The number of anilines is 2. The van der Waals surface area contributed by atoms with E-state index in [1.807, 2.05) is 42.5 Å². The second-order valence-electron chi connectivity index (χ2n) is 7.03. The van der Waals surface area contributed by atoms with Gasteiger partial charge in [-0.1, -0.05) is 42.5 Å². The smallest absolute Gasteiger partial charge is 0.251 e. The Morgan fingerprint density at radius 1 is 0.871 bits per heavy atom. The maximum absolute atomic E-state index is 12.3. The molecule has 2 amide bonds. The molecule has 0 radical (unpaired) electrons. The van der Waals surface area contributed by atoms with E-state index in [0.29, 0.717) is 17.9 Å². The molecule has 6 heteroatoms. The van der Waals surface area contributed by atoms with Gasteiger partial charge in [-0.3, -0.25) is 9.59 Å². The van der Waals surface area contributed by atoms with Crippen LogP contribution in [0.2, 0.25) is 0 Å². The third-order valence-electron chi connectivity index (χ3n) is 4.64. The van der Waals surface area contributed by atoms with Crippen molar-refractivity contribution in [2.24, 2.45) is 0 Å². The van der Waals surface area contributed by atoms with Crippen LogP contribution >= 0.6 is 0 Å². The lowest BCUT2D eigenvalue weighted by molar-refractivity contribution is -0.114. The van der Waals surface area contributed by atoms with Crippen LogP contribution in [0.15, 0.2) is 78.9 Å². The Kier molecular flexibility index (Phi) is 8.05. The molecule has 3 aromatic rings. The number of aryl methyl sites for hydroxylation is 1. The summed E-state index contributed by atoms with van der Waals surface area (Å²) < 4.78 is 5.84. The highest BCUT2D eigenvalue weighted by Gasteiger charge is 2.07. The number of amides is 2. The molecule has 0 aliphatic carbocycles. The molecule has 31 heavy (non-hydrogen) atoms. The molecule has 0 fully saturated rings. The highest BCUT2D eigenvalue weighted by atomic mass is 16.5. The molecule has 3 rings (SSSR count). The van der Waals surface area contributed by atoms with Gasteiger partial charge in [-0.05, 0) is 48.7 Å². The first-order valence-corrected chi connectivity index (χ1v) is 10.3. The predicted molar refractivity (Wildman–Crippen MR) is 124 cm³/mol. The molecule has 0 aromatic heterocycles. The Bertz CT molecular complexity index is 1010. The number of ether oxygens (including phenoxy) is 1. The van der Waals surface area contributed by atoms with Crippen LogP contribution in [0.25, 0.3) is 0 Å². The molecular weight excluding hydrogens is 390 g/mol. The summed E-state index contributed by atoms with van der Waals surface area (Å²) in [5, 5.41) is 8.45. The summed E-state index contributed by atoms with van der Waals surface area (Å²) in [7, 11) is 1.57. The van der Waals surface area contributed by atoms with E-state index < -0.39 is 0 Å². The Hall–Kier alpha value is -3.80. The maximum atomic E-state index is 12.3. The standard InChI is InChI=1S/C25H27N3O3/c1-26-25(30)20-11-5-13-22(16-20)28-24(29)18-27-21-12-6-14-23(17-21)31-15-7-10-19-8-3-2-4-9-19/h2-6,8-9,11-14,16-17,27H,7,10,15,18H2,1H3,(H,26,30)(H,28,29). The fraction of sp³-hybridized carbons (Fsp3) is 0.200. The van der Waals surface area contributed by atoms with Crippen molar-refractivity contribution in [3.05, 3.63) is 90.0 Å². The Labute approximate surface area is 182 Å². The molecule has 0 saturated heterocycles. The lowest BCUT2D eigenvalue weighted by atomic mass is 10.1. The molecule has 0 bridgehead atoms. The molecule has 0 heterocycles. The van der Waals surface area contributed by atoms with Crippen molar-refractivity contribution in [1.82, 2.24) is 5.32 Å². The van der Waals surface area contributed by atoms with E-state index >= 15 is 0 Å². The van der Waals surface area contributed by atoms with Crippen LogP contribution in [0.3, 0.4) is 0 Å². The van der Waals surface area contributed by atoms with Crippen LogP contribution in [0, 0.1) is 0 Å². The minimum absolute atomic E-state index is 0.0989. The summed E-state index contributed by atoms with van der Waals surface area (Å²) in [6.45, 7) is 0.724. The number of rotatable bonds is 10. The summed E-state index contributed by atoms with van der Waals surface area (Å²) in [5.74, 6) is 0.356. The molecule has 3 aromatic carbocycles. The topological polar surface area (TPSA) is 79.5 Å². The molecule has 160 valence electrons. The summed E-state index contributed by atoms with van der Waals surface area (Å²) in [6, 6.07) is 24.7. The largest absolute Gasteiger partial charge is 0.494 e. The first-order valence-electron chi connectivity index (χ1n) is 10.3. The SMILES string of the molecule is CNC(=O)c1cccc(NC(=O)CNc2cccc(OCCCc3ccccc3)c2)c1. The van der Waals surface area contributed by atoms with Crippen molar-refractivity contribution in [1.29, 1.82) is 0 Å².